The lowest BCUT2D eigenvalue weighted by Gasteiger charge is -1.92. The van der Waals surface area contributed by atoms with Crippen LogP contribution in [0.5, 0.6) is 0 Å². The summed E-state index contributed by atoms with van der Waals surface area (Å²) in [6.45, 7) is 0. The fourth-order valence-corrected chi connectivity index (χ4v) is 1.21. The smallest absolute Gasteiger partial charge is 0.339 e. The second-order valence-corrected chi connectivity index (χ2v) is 2.71. The number of carboxylic acid groups (broad SMARTS) is 1. The number of aromatic carboxylic acids is 1. The molecule has 2 aromatic rings. The van der Waals surface area contributed by atoms with Crippen LogP contribution in [0.2, 0.25) is 0 Å². The molecule has 0 aliphatic rings. The van der Waals surface area contributed by atoms with Crippen LogP contribution in [0.25, 0.3) is 11.0 Å². The molecule has 0 spiro atoms. The maximum Gasteiger partial charge on any atom is 0.339 e. The van der Waals surface area contributed by atoms with Crippen LogP contribution in [0.1, 0.15) is 10.4 Å². The zero-order chi connectivity index (χ0) is 9.42. The number of nitrogens with two attached hydrogens (primary N) is 1. The molecule has 4 nitrogen and oxygen atoms in total. The number of anilines is 1. The van der Waals surface area contributed by atoms with Gasteiger partial charge < -0.3 is 15.3 Å². The third-order valence-electron chi connectivity index (χ3n) is 1.83. The van der Waals surface area contributed by atoms with Gasteiger partial charge in [0.1, 0.15) is 17.4 Å². The fourth-order valence-electron chi connectivity index (χ4n) is 1.21. The first kappa shape index (κ1) is 7.67. The minimum Gasteiger partial charge on any atom is -0.478 e. The Morgan fingerprint density at radius 2 is 2.23 bits per heavy atom. The van der Waals surface area contributed by atoms with E-state index in [0.29, 0.717) is 16.7 Å². The largest absolute Gasteiger partial charge is 0.478 e. The third kappa shape index (κ3) is 1.12. The molecule has 0 saturated heterocycles. The summed E-state index contributed by atoms with van der Waals surface area (Å²) in [5.74, 6) is -1.01. The standard InChI is InChI=1S/C9H7NO3/c10-5-1-2-8-6(3-5)7(4-13-8)9(11)12/h1-4H,10H2,(H,11,12). The molecule has 0 aliphatic heterocycles. The Bertz CT molecular complexity index is 473. The summed E-state index contributed by atoms with van der Waals surface area (Å²) >= 11 is 0. The van der Waals surface area contributed by atoms with E-state index in [4.69, 9.17) is 15.3 Å². The molecule has 0 bridgehead atoms. The Hall–Kier alpha value is -1.97. The van der Waals surface area contributed by atoms with Gasteiger partial charge in [-0.05, 0) is 18.2 Å². The molecule has 1 aromatic heterocycles. The zero-order valence-corrected chi connectivity index (χ0v) is 6.65. The number of carboxylic acids is 1. The first-order chi connectivity index (χ1) is 6.18. The highest BCUT2D eigenvalue weighted by Gasteiger charge is 2.11. The molecule has 0 amide bonds. The van der Waals surface area contributed by atoms with Gasteiger partial charge in [-0.1, -0.05) is 0 Å². The maximum atomic E-state index is 10.7. The van der Waals surface area contributed by atoms with Gasteiger partial charge in [0.2, 0.25) is 0 Å². The van der Waals surface area contributed by atoms with Crippen LogP contribution in [0.15, 0.2) is 28.9 Å². The Morgan fingerprint density at radius 1 is 1.46 bits per heavy atom. The Labute approximate surface area is 73.6 Å². The predicted octanol–water partition coefficient (Wildman–Crippen LogP) is 1.71. The van der Waals surface area contributed by atoms with Crippen molar-refractivity contribution in [1.29, 1.82) is 0 Å². The minimum atomic E-state index is -1.01. The average Bonchev–Trinajstić information content (AvgIpc) is 2.46. The highest BCUT2D eigenvalue weighted by atomic mass is 16.4. The molecule has 1 aromatic carbocycles. The number of benzene rings is 1. The van der Waals surface area contributed by atoms with E-state index in [1.807, 2.05) is 0 Å². The van der Waals surface area contributed by atoms with Gasteiger partial charge in [0.05, 0.1) is 0 Å². The van der Waals surface area contributed by atoms with Crippen molar-refractivity contribution in [3.63, 3.8) is 0 Å². The minimum absolute atomic E-state index is 0.141. The molecule has 0 fully saturated rings. The third-order valence-corrected chi connectivity index (χ3v) is 1.83. The fraction of sp³-hybridized carbons (Fsp3) is 0. The van der Waals surface area contributed by atoms with Gasteiger partial charge in [0, 0.05) is 11.1 Å². The van der Waals surface area contributed by atoms with Crippen molar-refractivity contribution in [3.8, 4) is 0 Å². The van der Waals surface area contributed by atoms with Gasteiger partial charge in [-0.3, -0.25) is 0 Å². The number of rotatable bonds is 1. The first-order valence-corrected chi connectivity index (χ1v) is 3.68. The topological polar surface area (TPSA) is 76.5 Å². The molecule has 13 heavy (non-hydrogen) atoms. The van der Waals surface area contributed by atoms with Crippen LogP contribution in [-0.2, 0) is 0 Å². The molecule has 0 aliphatic carbocycles. The number of hydrogen-bond acceptors (Lipinski definition) is 3. The quantitative estimate of drug-likeness (QED) is 0.650. The molecule has 0 atom stereocenters. The van der Waals surface area contributed by atoms with E-state index in [0.717, 1.165) is 0 Å². The van der Waals surface area contributed by atoms with Crippen LogP contribution in [0.4, 0.5) is 5.69 Å². The van der Waals surface area contributed by atoms with Crippen molar-refractivity contribution in [2.75, 3.05) is 5.73 Å². The van der Waals surface area contributed by atoms with Crippen molar-refractivity contribution < 1.29 is 14.3 Å². The summed E-state index contributed by atoms with van der Waals surface area (Å²) < 4.78 is 5.03. The van der Waals surface area contributed by atoms with E-state index in [1.54, 1.807) is 18.2 Å². The second kappa shape index (κ2) is 2.52. The molecule has 4 heteroatoms. The van der Waals surface area contributed by atoms with Gasteiger partial charge in [-0.2, -0.15) is 0 Å². The summed E-state index contributed by atoms with van der Waals surface area (Å²) in [5.41, 5.74) is 6.72. The van der Waals surface area contributed by atoms with Crippen LogP contribution in [0, 0.1) is 0 Å². The van der Waals surface area contributed by atoms with Crippen molar-refractivity contribution in [3.05, 3.63) is 30.0 Å². The van der Waals surface area contributed by atoms with Gasteiger partial charge in [0.15, 0.2) is 0 Å². The molecule has 1 heterocycles. The second-order valence-electron chi connectivity index (χ2n) is 2.71. The number of carbonyl (C=O) groups is 1. The van der Waals surface area contributed by atoms with Crippen LogP contribution in [-0.4, -0.2) is 11.1 Å². The molecular formula is C9H7NO3. The predicted molar refractivity (Wildman–Crippen MR) is 47.6 cm³/mol. The van der Waals surface area contributed by atoms with Crippen LogP contribution < -0.4 is 5.73 Å². The summed E-state index contributed by atoms with van der Waals surface area (Å²) in [4.78, 5) is 10.7. The molecule has 66 valence electrons. The van der Waals surface area contributed by atoms with Crippen LogP contribution in [0.3, 0.4) is 0 Å². The van der Waals surface area contributed by atoms with E-state index < -0.39 is 5.97 Å². The lowest BCUT2D eigenvalue weighted by Crippen LogP contribution is -1.93. The van der Waals surface area contributed by atoms with Gasteiger partial charge in [-0.15, -0.1) is 0 Å². The van der Waals surface area contributed by atoms with E-state index >= 15 is 0 Å². The highest BCUT2D eigenvalue weighted by Crippen LogP contribution is 2.23. The van der Waals surface area contributed by atoms with E-state index in [1.165, 1.54) is 6.26 Å². The Kier molecular flexibility index (Phi) is 1.48. The zero-order valence-electron chi connectivity index (χ0n) is 6.65. The summed E-state index contributed by atoms with van der Waals surface area (Å²) in [6, 6.07) is 4.90. The molecule has 3 N–H and O–H groups in total. The lowest BCUT2D eigenvalue weighted by atomic mass is 10.1. The number of fused-ring (bicyclic) bond motifs is 1. The van der Waals surface area contributed by atoms with Crippen molar-refractivity contribution in [2.24, 2.45) is 0 Å². The monoisotopic (exact) mass is 177 g/mol. The van der Waals surface area contributed by atoms with Gasteiger partial charge in [0.25, 0.3) is 0 Å². The highest BCUT2D eigenvalue weighted by molar-refractivity contribution is 6.02. The van der Waals surface area contributed by atoms with E-state index in [9.17, 15) is 4.79 Å². The molecule has 0 radical (unpaired) electrons. The van der Waals surface area contributed by atoms with E-state index in [2.05, 4.69) is 0 Å². The van der Waals surface area contributed by atoms with E-state index in [-0.39, 0.29) is 5.56 Å². The summed E-state index contributed by atoms with van der Waals surface area (Å²) in [5, 5.41) is 9.30. The summed E-state index contributed by atoms with van der Waals surface area (Å²) in [6.07, 6.45) is 1.21. The summed E-state index contributed by atoms with van der Waals surface area (Å²) in [7, 11) is 0. The molecule has 0 saturated carbocycles. The van der Waals surface area contributed by atoms with Crippen molar-refractivity contribution in [2.45, 2.75) is 0 Å². The Morgan fingerprint density at radius 3 is 2.92 bits per heavy atom. The normalized spacial score (nSPS) is 10.5. The van der Waals surface area contributed by atoms with Crippen molar-refractivity contribution in [1.82, 2.24) is 0 Å². The SMILES string of the molecule is Nc1ccc2occ(C(=O)O)c2c1. The van der Waals surface area contributed by atoms with Gasteiger partial charge >= 0.3 is 5.97 Å². The average molecular weight is 177 g/mol. The molecule has 0 unspecified atom stereocenters. The Balaban J connectivity index is 2.79. The number of hydrogen-bond donors (Lipinski definition) is 2. The first-order valence-electron chi connectivity index (χ1n) is 3.68. The van der Waals surface area contributed by atoms with Crippen molar-refractivity contribution >= 4 is 22.6 Å². The van der Waals surface area contributed by atoms with Gasteiger partial charge in [-0.25, -0.2) is 4.79 Å². The maximum absolute atomic E-state index is 10.7. The number of furan rings is 1. The number of nitrogen functional groups attached to an aromatic ring is 1. The molecular weight excluding hydrogens is 170 g/mol. The lowest BCUT2D eigenvalue weighted by molar-refractivity contribution is 0.0698. The molecule has 2 rings (SSSR count). The van der Waals surface area contributed by atoms with Crippen LogP contribution >= 0.6 is 0 Å².